The van der Waals surface area contributed by atoms with Crippen molar-refractivity contribution in [1.82, 2.24) is 30.1 Å². The SMILES string of the molecule is N#Cc1cccnc1N1CCN(Cc2nnnn2-c2ccccc2)CC1. The average Bonchev–Trinajstić information content (AvgIpc) is 3.17. The highest BCUT2D eigenvalue weighted by atomic mass is 15.5. The van der Waals surface area contributed by atoms with Crippen LogP contribution in [0.3, 0.4) is 0 Å². The van der Waals surface area contributed by atoms with Crippen LogP contribution in [0.2, 0.25) is 0 Å². The maximum atomic E-state index is 9.26. The summed E-state index contributed by atoms with van der Waals surface area (Å²) in [6.07, 6.45) is 1.73. The van der Waals surface area contributed by atoms with Crippen molar-refractivity contribution in [3.63, 3.8) is 0 Å². The van der Waals surface area contributed by atoms with Gasteiger partial charge >= 0.3 is 0 Å². The van der Waals surface area contributed by atoms with Crippen LogP contribution in [0.25, 0.3) is 5.69 Å². The van der Waals surface area contributed by atoms with Gasteiger partial charge < -0.3 is 4.90 Å². The summed E-state index contributed by atoms with van der Waals surface area (Å²) < 4.78 is 1.78. The van der Waals surface area contributed by atoms with Crippen molar-refractivity contribution in [2.24, 2.45) is 0 Å². The number of nitrogens with zero attached hydrogens (tertiary/aromatic N) is 8. The van der Waals surface area contributed by atoms with Crippen LogP contribution in [0.5, 0.6) is 0 Å². The van der Waals surface area contributed by atoms with Crippen molar-refractivity contribution in [2.45, 2.75) is 6.54 Å². The second kappa shape index (κ2) is 7.29. The van der Waals surface area contributed by atoms with Crippen LogP contribution >= 0.6 is 0 Å². The summed E-state index contributed by atoms with van der Waals surface area (Å²) in [5.74, 6) is 1.59. The van der Waals surface area contributed by atoms with Gasteiger partial charge in [-0.2, -0.15) is 9.94 Å². The van der Waals surface area contributed by atoms with Gasteiger partial charge in [-0.1, -0.05) is 18.2 Å². The first-order chi connectivity index (χ1) is 12.8. The highest BCUT2D eigenvalue weighted by Gasteiger charge is 2.22. The number of rotatable bonds is 4. The molecule has 8 heteroatoms. The summed E-state index contributed by atoms with van der Waals surface area (Å²) in [4.78, 5) is 8.85. The number of piperazine rings is 1. The number of anilines is 1. The lowest BCUT2D eigenvalue weighted by molar-refractivity contribution is 0.241. The van der Waals surface area contributed by atoms with Crippen LogP contribution in [0.4, 0.5) is 5.82 Å². The molecular formula is C18H18N8. The van der Waals surface area contributed by atoms with E-state index in [1.165, 1.54) is 0 Å². The van der Waals surface area contributed by atoms with Crippen molar-refractivity contribution >= 4 is 5.82 Å². The molecule has 0 aliphatic carbocycles. The van der Waals surface area contributed by atoms with Crippen molar-refractivity contribution in [1.29, 1.82) is 5.26 Å². The average molecular weight is 346 g/mol. The van der Waals surface area contributed by atoms with Crippen LogP contribution in [-0.4, -0.2) is 56.3 Å². The Hall–Kier alpha value is -3.31. The molecule has 0 bridgehead atoms. The first-order valence-electron chi connectivity index (χ1n) is 8.50. The third-order valence-corrected chi connectivity index (χ3v) is 4.48. The first kappa shape index (κ1) is 16.2. The molecule has 0 spiro atoms. The van der Waals surface area contributed by atoms with Crippen LogP contribution < -0.4 is 4.90 Å². The Labute approximate surface area is 151 Å². The minimum atomic E-state index is 0.619. The van der Waals surface area contributed by atoms with Gasteiger partial charge in [0.05, 0.1) is 17.8 Å². The van der Waals surface area contributed by atoms with E-state index in [1.807, 2.05) is 36.4 Å². The van der Waals surface area contributed by atoms with Crippen molar-refractivity contribution in [3.8, 4) is 11.8 Å². The third-order valence-electron chi connectivity index (χ3n) is 4.48. The topological polar surface area (TPSA) is 86.8 Å². The Morgan fingerprint density at radius 3 is 2.58 bits per heavy atom. The number of benzene rings is 1. The van der Waals surface area contributed by atoms with Crippen molar-refractivity contribution in [2.75, 3.05) is 31.1 Å². The van der Waals surface area contributed by atoms with E-state index in [0.29, 0.717) is 12.1 Å². The minimum Gasteiger partial charge on any atom is -0.353 e. The third kappa shape index (κ3) is 3.25. The molecule has 26 heavy (non-hydrogen) atoms. The van der Waals surface area contributed by atoms with E-state index in [2.05, 4.69) is 36.4 Å². The number of para-hydroxylation sites is 1. The van der Waals surface area contributed by atoms with Crippen LogP contribution in [0.1, 0.15) is 11.4 Å². The van der Waals surface area contributed by atoms with Gasteiger partial charge in [0.25, 0.3) is 0 Å². The molecule has 3 aromatic rings. The normalized spacial score (nSPS) is 15.0. The van der Waals surface area contributed by atoms with Gasteiger partial charge in [-0.05, 0) is 34.7 Å². The predicted molar refractivity (Wildman–Crippen MR) is 95.6 cm³/mol. The van der Waals surface area contributed by atoms with Gasteiger partial charge in [0, 0.05) is 32.4 Å². The molecule has 0 amide bonds. The number of hydrogen-bond donors (Lipinski definition) is 0. The summed E-state index contributed by atoms with van der Waals surface area (Å²) >= 11 is 0. The quantitative estimate of drug-likeness (QED) is 0.702. The minimum absolute atomic E-state index is 0.619. The van der Waals surface area contributed by atoms with Gasteiger partial charge in [0.15, 0.2) is 5.82 Å². The maximum Gasteiger partial charge on any atom is 0.170 e. The van der Waals surface area contributed by atoms with Crippen molar-refractivity contribution < 1.29 is 0 Å². The van der Waals surface area contributed by atoms with Gasteiger partial charge in [0.2, 0.25) is 0 Å². The van der Waals surface area contributed by atoms with Crippen LogP contribution in [0.15, 0.2) is 48.7 Å². The zero-order valence-corrected chi connectivity index (χ0v) is 14.2. The Balaban J connectivity index is 1.43. The van der Waals surface area contributed by atoms with E-state index in [9.17, 15) is 5.26 Å². The number of tetrazole rings is 1. The molecule has 0 unspecified atom stereocenters. The molecule has 1 aromatic carbocycles. The summed E-state index contributed by atoms with van der Waals surface area (Å²) in [5.41, 5.74) is 1.58. The lowest BCUT2D eigenvalue weighted by Gasteiger charge is -2.35. The fourth-order valence-electron chi connectivity index (χ4n) is 3.13. The fraction of sp³-hybridized carbons (Fsp3) is 0.278. The van der Waals surface area contributed by atoms with E-state index >= 15 is 0 Å². The highest BCUT2D eigenvalue weighted by molar-refractivity contribution is 5.53. The number of nitriles is 1. The highest BCUT2D eigenvalue weighted by Crippen LogP contribution is 2.19. The van der Waals surface area contributed by atoms with Gasteiger partial charge in [0.1, 0.15) is 11.9 Å². The maximum absolute atomic E-state index is 9.26. The predicted octanol–water partition coefficient (Wildman–Crippen LogP) is 1.25. The molecule has 1 saturated heterocycles. The smallest absolute Gasteiger partial charge is 0.170 e. The molecule has 0 saturated carbocycles. The molecule has 3 heterocycles. The molecule has 8 nitrogen and oxygen atoms in total. The lowest BCUT2D eigenvalue weighted by atomic mass is 10.2. The molecule has 1 aliphatic rings. The molecule has 0 radical (unpaired) electrons. The number of hydrogen-bond acceptors (Lipinski definition) is 7. The zero-order valence-electron chi connectivity index (χ0n) is 14.2. The Morgan fingerprint density at radius 1 is 1.00 bits per heavy atom. The van der Waals surface area contributed by atoms with Crippen LogP contribution in [-0.2, 0) is 6.54 Å². The van der Waals surface area contributed by atoms with Gasteiger partial charge in [-0.3, -0.25) is 4.90 Å². The van der Waals surface area contributed by atoms with E-state index in [-0.39, 0.29) is 0 Å². The molecule has 2 aromatic heterocycles. The van der Waals surface area contributed by atoms with E-state index in [1.54, 1.807) is 16.9 Å². The standard InChI is InChI=1S/C18H18N8/c19-13-15-5-4-8-20-18(15)25-11-9-24(10-12-25)14-17-21-22-23-26(17)16-6-2-1-3-7-16/h1-8H,9-12,14H2. The molecule has 130 valence electrons. The summed E-state index contributed by atoms with van der Waals surface area (Å²) in [7, 11) is 0. The second-order valence-corrected chi connectivity index (χ2v) is 6.09. The van der Waals surface area contributed by atoms with E-state index in [4.69, 9.17) is 0 Å². The second-order valence-electron chi connectivity index (χ2n) is 6.09. The summed E-state index contributed by atoms with van der Waals surface area (Å²) in [5, 5.41) is 21.4. The summed E-state index contributed by atoms with van der Waals surface area (Å²) in [6.45, 7) is 4.05. The number of aromatic nitrogens is 5. The molecule has 4 rings (SSSR count). The first-order valence-corrected chi connectivity index (χ1v) is 8.50. The molecular weight excluding hydrogens is 328 g/mol. The largest absolute Gasteiger partial charge is 0.353 e. The Kier molecular flexibility index (Phi) is 4.53. The molecule has 0 N–H and O–H groups in total. The molecule has 0 atom stereocenters. The van der Waals surface area contributed by atoms with Gasteiger partial charge in [-0.15, -0.1) is 5.10 Å². The molecule has 1 aliphatic heterocycles. The van der Waals surface area contributed by atoms with E-state index < -0.39 is 0 Å². The Morgan fingerprint density at radius 2 is 1.81 bits per heavy atom. The zero-order chi connectivity index (χ0) is 17.8. The van der Waals surface area contributed by atoms with Crippen molar-refractivity contribution in [3.05, 3.63) is 60.0 Å². The summed E-state index contributed by atoms with van der Waals surface area (Å²) in [6, 6.07) is 15.7. The fourth-order valence-corrected chi connectivity index (χ4v) is 3.13. The lowest BCUT2D eigenvalue weighted by Crippen LogP contribution is -2.46. The van der Waals surface area contributed by atoms with Crippen LogP contribution in [0, 0.1) is 11.3 Å². The van der Waals surface area contributed by atoms with E-state index in [0.717, 1.165) is 43.5 Å². The molecule has 1 fully saturated rings. The van der Waals surface area contributed by atoms with Gasteiger partial charge in [-0.25, -0.2) is 4.98 Å². The monoisotopic (exact) mass is 346 g/mol. The number of pyridine rings is 1. The Bertz CT molecular complexity index is 906.